The Labute approximate surface area is 142 Å². The number of methoxy groups -OCH3 is 1. The molecule has 0 bridgehead atoms. The highest BCUT2D eigenvalue weighted by Gasteiger charge is 2.12. The minimum absolute atomic E-state index is 0.526. The first kappa shape index (κ1) is 16.5. The molecule has 0 N–H and O–H groups in total. The average molecular weight is 379 g/mol. The van der Waals surface area contributed by atoms with Crippen LogP contribution in [0.5, 0.6) is 11.5 Å². The molecule has 0 saturated carbocycles. The zero-order valence-corrected chi connectivity index (χ0v) is 14.9. The summed E-state index contributed by atoms with van der Waals surface area (Å²) in [5.74, 6) is 1.28. The average Bonchev–Trinajstić information content (AvgIpc) is 2.91. The van der Waals surface area contributed by atoms with E-state index in [9.17, 15) is 5.26 Å². The van der Waals surface area contributed by atoms with Crippen LogP contribution in [0.4, 0.5) is 0 Å². The van der Waals surface area contributed by atoms with Gasteiger partial charge in [0.2, 0.25) is 0 Å². The van der Waals surface area contributed by atoms with E-state index in [2.05, 4.69) is 27.0 Å². The predicted molar refractivity (Wildman–Crippen MR) is 92.2 cm³/mol. The van der Waals surface area contributed by atoms with Gasteiger partial charge in [0.1, 0.15) is 11.1 Å². The zero-order chi connectivity index (χ0) is 16.1. The van der Waals surface area contributed by atoms with Gasteiger partial charge in [-0.25, -0.2) is 4.98 Å². The van der Waals surface area contributed by atoms with Crippen LogP contribution in [0.1, 0.15) is 23.2 Å². The quantitative estimate of drug-likeness (QED) is 0.708. The number of thiazole rings is 1. The van der Waals surface area contributed by atoms with E-state index in [1.165, 1.54) is 11.3 Å². The lowest BCUT2D eigenvalue weighted by Gasteiger charge is -2.12. The maximum Gasteiger partial charge on any atom is 0.174 e. The summed E-state index contributed by atoms with van der Waals surface area (Å²) in [4.78, 5) is 4.35. The van der Waals surface area contributed by atoms with E-state index >= 15 is 0 Å². The Morgan fingerprint density at radius 2 is 2.27 bits per heavy atom. The third-order valence-electron chi connectivity index (χ3n) is 2.82. The molecular weight excluding hydrogens is 364 g/mol. The molecule has 22 heavy (non-hydrogen) atoms. The van der Waals surface area contributed by atoms with E-state index in [1.807, 2.05) is 31.4 Å². The molecular formula is C16H15BrN2O2S. The van der Waals surface area contributed by atoms with Crippen LogP contribution in [-0.4, -0.2) is 18.7 Å². The molecule has 2 rings (SSSR count). The molecule has 2 aromatic rings. The maximum atomic E-state index is 9.37. The summed E-state index contributed by atoms with van der Waals surface area (Å²) < 4.78 is 11.7. The molecule has 1 aromatic carbocycles. The molecule has 0 amide bonds. The Morgan fingerprint density at radius 1 is 1.50 bits per heavy atom. The molecule has 1 heterocycles. The molecule has 114 valence electrons. The van der Waals surface area contributed by atoms with Gasteiger partial charge in [0.15, 0.2) is 11.5 Å². The first-order chi connectivity index (χ1) is 10.6. The second-order valence-electron chi connectivity index (χ2n) is 4.43. The van der Waals surface area contributed by atoms with Gasteiger partial charge >= 0.3 is 0 Å². The lowest BCUT2D eigenvalue weighted by molar-refractivity contribution is 0.310. The van der Waals surface area contributed by atoms with Gasteiger partial charge in [-0.2, -0.15) is 5.26 Å². The lowest BCUT2D eigenvalue weighted by atomic mass is 10.1. The van der Waals surface area contributed by atoms with Crippen LogP contribution in [0.2, 0.25) is 0 Å². The Balaban J connectivity index is 2.47. The number of rotatable bonds is 5. The number of benzene rings is 1. The number of halogens is 1. The van der Waals surface area contributed by atoms with Crippen molar-refractivity contribution >= 4 is 38.9 Å². The van der Waals surface area contributed by atoms with Crippen molar-refractivity contribution in [3.63, 3.8) is 0 Å². The number of nitriles is 1. The van der Waals surface area contributed by atoms with Crippen molar-refractivity contribution in [2.75, 3.05) is 13.7 Å². The van der Waals surface area contributed by atoms with Crippen molar-refractivity contribution in [1.82, 2.24) is 4.98 Å². The van der Waals surface area contributed by atoms with Gasteiger partial charge in [-0.1, -0.05) is 0 Å². The Morgan fingerprint density at radius 3 is 2.82 bits per heavy atom. The molecule has 0 atom stereocenters. The number of allylic oxidation sites excluding steroid dienone is 1. The summed E-state index contributed by atoms with van der Waals surface area (Å²) in [6, 6.07) is 5.94. The fourth-order valence-corrected chi connectivity index (χ4v) is 3.30. The number of aromatic nitrogens is 1. The minimum Gasteiger partial charge on any atom is -0.492 e. The van der Waals surface area contributed by atoms with Crippen LogP contribution >= 0.6 is 27.3 Å². The molecule has 0 radical (unpaired) electrons. The van der Waals surface area contributed by atoms with E-state index in [4.69, 9.17) is 9.47 Å². The summed E-state index contributed by atoms with van der Waals surface area (Å²) in [6.45, 7) is 4.35. The third kappa shape index (κ3) is 3.67. The molecule has 1 aromatic heterocycles. The molecule has 6 heteroatoms. The number of hydrogen-bond donors (Lipinski definition) is 0. The summed E-state index contributed by atoms with van der Waals surface area (Å²) in [7, 11) is 1.59. The van der Waals surface area contributed by atoms with Gasteiger partial charge < -0.3 is 9.47 Å². The molecule has 0 aliphatic rings. The van der Waals surface area contributed by atoms with Gasteiger partial charge in [0.25, 0.3) is 0 Å². The normalized spacial score (nSPS) is 11.1. The number of aryl methyl sites for hydroxylation is 1. The van der Waals surface area contributed by atoms with E-state index in [0.29, 0.717) is 28.7 Å². The van der Waals surface area contributed by atoms with Crippen molar-refractivity contribution in [3.05, 3.63) is 38.3 Å². The minimum atomic E-state index is 0.526. The van der Waals surface area contributed by atoms with Crippen molar-refractivity contribution in [3.8, 4) is 17.6 Å². The fraction of sp³-hybridized carbons (Fsp3) is 0.250. The van der Waals surface area contributed by atoms with E-state index in [-0.39, 0.29) is 0 Å². The predicted octanol–water partition coefficient (Wildman–Crippen LogP) is 4.69. The van der Waals surface area contributed by atoms with E-state index < -0.39 is 0 Å². The van der Waals surface area contributed by atoms with Crippen LogP contribution < -0.4 is 9.47 Å². The van der Waals surface area contributed by atoms with Crippen molar-refractivity contribution in [2.45, 2.75) is 13.8 Å². The number of hydrogen-bond acceptors (Lipinski definition) is 5. The van der Waals surface area contributed by atoms with Crippen LogP contribution in [0.3, 0.4) is 0 Å². The van der Waals surface area contributed by atoms with Gasteiger partial charge in [-0.05, 0) is 53.5 Å². The summed E-state index contributed by atoms with van der Waals surface area (Å²) in [5, 5.41) is 12.0. The second-order valence-corrected chi connectivity index (χ2v) is 6.14. The van der Waals surface area contributed by atoms with Crippen LogP contribution in [0.15, 0.2) is 22.0 Å². The van der Waals surface area contributed by atoms with Crippen LogP contribution in [0, 0.1) is 18.3 Å². The monoisotopic (exact) mass is 378 g/mol. The molecule has 0 aliphatic carbocycles. The van der Waals surface area contributed by atoms with Crippen molar-refractivity contribution < 1.29 is 9.47 Å². The van der Waals surface area contributed by atoms with Crippen LogP contribution in [0.25, 0.3) is 11.6 Å². The zero-order valence-electron chi connectivity index (χ0n) is 12.5. The number of ether oxygens (including phenoxy) is 2. The second kappa shape index (κ2) is 7.43. The molecule has 0 aliphatic heterocycles. The summed E-state index contributed by atoms with van der Waals surface area (Å²) >= 11 is 4.93. The standard InChI is InChI=1S/C16H15BrN2O2S/c1-4-21-14-7-11(6-13(17)15(14)20-3)5-12(8-18)16-19-10(2)9-22-16/h5-7,9H,4H2,1-3H3/b12-5+. The SMILES string of the molecule is CCOc1cc(/C=C(\C#N)c2nc(C)cs2)cc(Br)c1OC. The Hall–Kier alpha value is -1.84. The highest BCUT2D eigenvalue weighted by molar-refractivity contribution is 9.10. The topological polar surface area (TPSA) is 55.1 Å². The molecule has 0 spiro atoms. The van der Waals surface area contributed by atoms with Gasteiger partial charge in [0.05, 0.1) is 23.8 Å². The highest BCUT2D eigenvalue weighted by atomic mass is 79.9. The first-order valence-electron chi connectivity index (χ1n) is 6.63. The van der Waals surface area contributed by atoms with E-state index in [1.54, 1.807) is 13.2 Å². The third-order valence-corrected chi connectivity index (χ3v) is 4.40. The largest absolute Gasteiger partial charge is 0.492 e. The molecule has 4 nitrogen and oxygen atoms in total. The molecule has 0 fully saturated rings. The Bertz CT molecular complexity index is 747. The van der Waals surface area contributed by atoms with Gasteiger partial charge in [-0.3, -0.25) is 0 Å². The number of nitrogens with zero attached hydrogens (tertiary/aromatic N) is 2. The Kier molecular flexibility index (Phi) is 5.58. The van der Waals surface area contributed by atoms with Crippen molar-refractivity contribution in [2.24, 2.45) is 0 Å². The fourth-order valence-electron chi connectivity index (χ4n) is 1.92. The summed E-state index contributed by atoms with van der Waals surface area (Å²) in [6.07, 6.45) is 1.80. The van der Waals surface area contributed by atoms with Gasteiger partial charge in [-0.15, -0.1) is 11.3 Å². The first-order valence-corrected chi connectivity index (χ1v) is 8.31. The van der Waals surface area contributed by atoms with Crippen molar-refractivity contribution in [1.29, 1.82) is 5.26 Å². The van der Waals surface area contributed by atoms with E-state index in [0.717, 1.165) is 15.7 Å². The smallest absolute Gasteiger partial charge is 0.174 e. The lowest BCUT2D eigenvalue weighted by Crippen LogP contribution is -1.96. The molecule has 0 saturated heterocycles. The van der Waals surface area contributed by atoms with Crippen LogP contribution in [-0.2, 0) is 0 Å². The van der Waals surface area contributed by atoms with Gasteiger partial charge in [0, 0.05) is 11.1 Å². The maximum absolute atomic E-state index is 9.37. The summed E-state index contributed by atoms with van der Waals surface area (Å²) in [5.41, 5.74) is 2.28. The highest BCUT2D eigenvalue weighted by Crippen LogP contribution is 2.37. The molecule has 0 unspecified atom stereocenters.